The molecule has 1 aromatic rings. The number of methoxy groups -OCH3 is 1. The summed E-state index contributed by atoms with van der Waals surface area (Å²) in [6, 6.07) is 5.75. The van der Waals surface area contributed by atoms with Crippen molar-refractivity contribution < 1.29 is 4.74 Å². The van der Waals surface area contributed by atoms with E-state index in [-0.39, 0.29) is 5.84 Å². The van der Waals surface area contributed by atoms with Crippen molar-refractivity contribution in [2.24, 2.45) is 11.1 Å². The van der Waals surface area contributed by atoms with E-state index < -0.39 is 0 Å². The maximum absolute atomic E-state index is 7.77. The third-order valence-electron chi connectivity index (χ3n) is 4.77. The predicted molar refractivity (Wildman–Crippen MR) is 83.9 cm³/mol. The Hall–Kier alpha value is -1.71. The third kappa shape index (κ3) is 2.60. The van der Waals surface area contributed by atoms with Gasteiger partial charge in [0.2, 0.25) is 0 Å². The highest BCUT2D eigenvalue weighted by Gasteiger charge is 2.35. The minimum atomic E-state index is 0.119. The van der Waals surface area contributed by atoms with Crippen LogP contribution in [0.2, 0.25) is 0 Å². The highest BCUT2D eigenvalue weighted by Crippen LogP contribution is 2.40. The van der Waals surface area contributed by atoms with Crippen LogP contribution in [0.5, 0.6) is 5.75 Å². The van der Waals surface area contributed by atoms with Gasteiger partial charge < -0.3 is 15.4 Å². The second kappa shape index (κ2) is 5.73. The molecular weight excluding hydrogens is 250 g/mol. The third-order valence-corrected chi connectivity index (χ3v) is 4.77. The van der Waals surface area contributed by atoms with Crippen molar-refractivity contribution in [1.82, 2.24) is 0 Å². The molecule has 0 radical (unpaired) electrons. The fourth-order valence-corrected chi connectivity index (χ4v) is 3.10. The SMILES string of the molecule is CCC1(CC)CCN(c2cc(OC)ccc2C(=N)N)C1. The van der Waals surface area contributed by atoms with Crippen LogP contribution in [0.15, 0.2) is 18.2 Å². The van der Waals surface area contributed by atoms with E-state index in [1.807, 2.05) is 18.2 Å². The number of amidine groups is 1. The van der Waals surface area contributed by atoms with Gasteiger partial charge in [0.05, 0.1) is 12.8 Å². The minimum absolute atomic E-state index is 0.119. The van der Waals surface area contributed by atoms with Crippen molar-refractivity contribution in [2.45, 2.75) is 33.1 Å². The van der Waals surface area contributed by atoms with Crippen molar-refractivity contribution >= 4 is 11.5 Å². The molecule has 0 saturated carbocycles. The fraction of sp³-hybridized carbons (Fsp3) is 0.562. The topological polar surface area (TPSA) is 62.3 Å². The molecule has 1 saturated heterocycles. The zero-order valence-electron chi connectivity index (χ0n) is 12.7. The van der Waals surface area contributed by atoms with Gasteiger partial charge in [-0.25, -0.2) is 0 Å². The molecule has 4 heteroatoms. The molecule has 0 amide bonds. The second-order valence-electron chi connectivity index (χ2n) is 5.68. The molecule has 1 fully saturated rings. The highest BCUT2D eigenvalue weighted by molar-refractivity contribution is 6.00. The zero-order chi connectivity index (χ0) is 14.8. The maximum Gasteiger partial charge on any atom is 0.124 e. The Morgan fingerprint density at radius 1 is 1.40 bits per heavy atom. The summed E-state index contributed by atoms with van der Waals surface area (Å²) in [5.41, 5.74) is 7.95. The molecule has 0 unspecified atom stereocenters. The molecule has 1 aliphatic heterocycles. The molecule has 4 nitrogen and oxygen atoms in total. The molecule has 20 heavy (non-hydrogen) atoms. The van der Waals surface area contributed by atoms with Crippen LogP contribution in [-0.4, -0.2) is 26.0 Å². The molecule has 1 aliphatic rings. The Kier molecular flexibility index (Phi) is 4.21. The number of hydrogen-bond acceptors (Lipinski definition) is 3. The summed E-state index contributed by atoms with van der Waals surface area (Å²) in [4.78, 5) is 2.35. The van der Waals surface area contributed by atoms with Crippen LogP contribution in [0, 0.1) is 10.8 Å². The van der Waals surface area contributed by atoms with Gasteiger partial charge in [-0.3, -0.25) is 5.41 Å². The van der Waals surface area contributed by atoms with Gasteiger partial charge in [-0.1, -0.05) is 13.8 Å². The molecule has 2 rings (SSSR count). The maximum atomic E-state index is 7.77. The summed E-state index contributed by atoms with van der Waals surface area (Å²) < 4.78 is 5.32. The Morgan fingerprint density at radius 3 is 2.60 bits per heavy atom. The molecule has 0 aromatic heterocycles. The number of ether oxygens (including phenoxy) is 1. The quantitative estimate of drug-likeness (QED) is 0.641. The summed E-state index contributed by atoms with van der Waals surface area (Å²) in [7, 11) is 1.67. The monoisotopic (exact) mass is 275 g/mol. The van der Waals surface area contributed by atoms with Crippen molar-refractivity contribution in [3.05, 3.63) is 23.8 Å². The van der Waals surface area contributed by atoms with Gasteiger partial charge in [0.1, 0.15) is 11.6 Å². The summed E-state index contributed by atoms with van der Waals surface area (Å²) >= 11 is 0. The molecular formula is C16H25N3O. The normalized spacial score (nSPS) is 17.2. The van der Waals surface area contributed by atoms with Gasteiger partial charge in [-0.15, -0.1) is 0 Å². The predicted octanol–water partition coefficient (Wildman–Crippen LogP) is 3.00. The van der Waals surface area contributed by atoms with Gasteiger partial charge in [-0.2, -0.15) is 0 Å². The Balaban J connectivity index is 2.35. The van der Waals surface area contributed by atoms with E-state index in [2.05, 4.69) is 18.7 Å². The van der Waals surface area contributed by atoms with Crippen molar-refractivity contribution in [3.8, 4) is 5.75 Å². The first-order valence-electron chi connectivity index (χ1n) is 7.32. The number of nitrogens with one attached hydrogen (secondary N) is 1. The van der Waals surface area contributed by atoms with Crippen LogP contribution >= 0.6 is 0 Å². The Morgan fingerprint density at radius 2 is 2.10 bits per heavy atom. The number of nitrogen functional groups attached to an aromatic ring is 1. The first kappa shape index (κ1) is 14.7. The van der Waals surface area contributed by atoms with E-state index in [0.29, 0.717) is 5.41 Å². The molecule has 1 heterocycles. The average molecular weight is 275 g/mol. The molecule has 3 N–H and O–H groups in total. The van der Waals surface area contributed by atoms with Crippen molar-refractivity contribution in [1.29, 1.82) is 5.41 Å². The average Bonchev–Trinajstić information content (AvgIpc) is 2.91. The minimum Gasteiger partial charge on any atom is -0.497 e. The number of anilines is 1. The molecule has 1 aromatic carbocycles. The van der Waals surface area contributed by atoms with Crippen LogP contribution in [0.25, 0.3) is 0 Å². The highest BCUT2D eigenvalue weighted by atomic mass is 16.5. The molecule has 0 spiro atoms. The number of benzene rings is 1. The van der Waals surface area contributed by atoms with E-state index >= 15 is 0 Å². The number of nitrogens with two attached hydrogens (primary N) is 1. The van der Waals surface area contributed by atoms with E-state index in [4.69, 9.17) is 15.9 Å². The number of rotatable bonds is 5. The van der Waals surface area contributed by atoms with Gasteiger partial charge in [0, 0.05) is 24.7 Å². The lowest BCUT2D eigenvalue weighted by molar-refractivity contribution is 0.301. The van der Waals surface area contributed by atoms with E-state index in [0.717, 1.165) is 30.1 Å². The van der Waals surface area contributed by atoms with Crippen LogP contribution in [0.4, 0.5) is 5.69 Å². The summed E-state index contributed by atoms with van der Waals surface area (Å²) in [6.07, 6.45) is 3.59. The first-order valence-corrected chi connectivity index (χ1v) is 7.32. The Labute approximate surface area is 121 Å². The lowest BCUT2D eigenvalue weighted by Crippen LogP contribution is -2.28. The molecule has 110 valence electrons. The van der Waals surface area contributed by atoms with Crippen LogP contribution in [-0.2, 0) is 0 Å². The van der Waals surface area contributed by atoms with Crippen LogP contribution in [0.3, 0.4) is 0 Å². The van der Waals surface area contributed by atoms with Crippen molar-refractivity contribution in [2.75, 3.05) is 25.1 Å². The van der Waals surface area contributed by atoms with E-state index in [9.17, 15) is 0 Å². The standard InChI is InChI=1S/C16H25N3O/c1-4-16(5-2)8-9-19(11-16)14-10-12(20-3)6-7-13(14)15(17)18/h6-7,10H,4-5,8-9,11H2,1-3H3,(H3,17,18). The summed E-state index contributed by atoms with van der Waals surface area (Å²) in [5.74, 6) is 0.934. The zero-order valence-corrected chi connectivity index (χ0v) is 12.7. The first-order chi connectivity index (χ1) is 9.55. The summed E-state index contributed by atoms with van der Waals surface area (Å²) in [6.45, 7) is 6.59. The lowest BCUT2D eigenvalue weighted by Gasteiger charge is -2.28. The summed E-state index contributed by atoms with van der Waals surface area (Å²) in [5, 5.41) is 7.77. The van der Waals surface area contributed by atoms with Crippen LogP contribution < -0.4 is 15.4 Å². The molecule has 0 bridgehead atoms. The number of hydrogen-bond donors (Lipinski definition) is 2. The molecule has 0 atom stereocenters. The molecule has 0 aliphatic carbocycles. The smallest absolute Gasteiger partial charge is 0.124 e. The van der Waals surface area contributed by atoms with Gasteiger partial charge in [0.25, 0.3) is 0 Å². The van der Waals surface area contributed by atoms with Gasteiger partial charge >= 0.3 is 0 Å². The largest absolute Gasteiger partial charge is 0.497 e. The lowest BCUT2D eigenvalue weighted by atomic mass is 9.82. The van der Waals surface area contributed by atoms with Gasteiger partial charge in [-0.05, 0) is 36.8 Å². The van der Waals surface area contributed by atoms with Crippen LogP contribution in [0.1, 0.15) is 38.7 Å². The van der Waals surface area contributed by atoms with E-state index in [1.165, 1.54) is 19.3 Å². The van der Waals surface area contributed by atoms with Crippen molar-refractivity contribution in [3.63, 3.8) is 0 Å². The fourth-order valence-electron chi connectivity index (χ4n) is 3.10. The second-order valence-corrected chi connectivity index (χ2v) is 5.68. The van der Waals surface area contributed by atoms with E-state index in [1.54, 1.807) is 7.11 Å². The van der Waals surface area contributed by atoms with Gasteiger partial charge in [0.15, 0.2) is 0 Å². The Bertz CT molecular complexity index is 494. The number of nitrogens with zero attached hydrogens (tertiary/aromatic N) is 1.